The fourth-order valence-electron chi connectivity index (χ4n) is 0.750. The van der Waals surface area contributed by atoms with Gasteiger partial charge in [0.25, 0.3) is 0 Å². The Hall–Kier alpha value is -0.120. The van der Waals surface area contributed by atoms with Gasteiger partial charge in [0.1, 0.15) is 0 Å². The SMILES string of the molecule is COCCCOCC(O)C(C)(C)C. The van der Waals surface area contributed by atoms with E-state index in [9.17, 15) is 5.11 Å². The van der Waals surface area contributed by atoms with Gasteiger partial charge in [-0.05, 0) is 11.8 Å². The molecular formula is C10H22O3. The maximum atomic E-state index is 9.59. The minimum Gasteiger partial charge on any atom is -0.390 e. The van der Waals surface area contributed by atoms with Gasteiger partial charge in [-0.3, -0.25) is 0 Å². The third-order valence-corrected chi connectivity index (χ3v) is 1.91. The van der Waals surface area contributed by atoms with Crippen molar-refractivity contribution in [3.63, 3.8) is 0 Å². The molecule has 1 N–H and O–H groups in total. The zero-order valence-corrected chi connectivity index (χ0v) is 9.17. The van der Waals surface area contributed by atoms with Crippen LogP contribution in [0.15, 0.2) is 0 Å². The third kappa shape index (κ3) is 6.99. The number of hydrogen-bond donors (Lipinski definition) is 1. The van der Waals surface area contributed by atoms with Gasteiger partial charge in [-0.25, -0.2) is 0 Å². The molecule has 0 spiro atoms. The molecule has 80 valence electrons. The molecule has 0 aromatic heterocycles. The lowest BCUT2D eigenvalue weighted by atomic mass is 9.90. The van der Waals surface area contributed by atoms with Crippen LogP contribution in [0, 0.1) is 5.41 Å². The summed E-state index contributed by atoms with van der Waals surface area (Å²) in [7, 11) is 1.67. The first-order valence-corrected chi connectivity index (χ1v) is 4.73. The minimum atomic E-state index is -0.393. The summed E-state index contributed by atoms with van der Waals surface area (Å²) in [6.45, 7) is 7.77. The first kappa shape index (κ1) is 12.9. The molecule has 0 saturated heterocycles. The second kappa shape index (κ2) is 6.35. The lowest BCUT2D eigenvalue weighted by molar-refractivity contribution is -0.0237. The highest BCUT2D eigenvalue weighted by Gasteiger charge is 2.21. The van der Waals surface area contributed by atoms with Crippen molar-refractivity contribution in [3.05, 3.63) is 0 Å². The van der Waals surface area contributed by atoms with Gasteiger partial charge in [-0.2, -0.15) is 0 Å². The molecule has 0 aromatic rings. The molecular weight excluding hydrogens is 168 g/mol. The lowest BCUT2D eigenvalue weighted by Gasteiger charge is -2.25. The molecule has 1 unspecified atom stereocenters. The Morgan fingerprint density at radius 1 is 1.23 bits per heavy atom. The van der Waals surface area contributed by atoms with Crippen molar-refractivity contribution >= 4 is 0 Å². The normalized spacial score (nSPS) is 14.5. The van der Waals surface area contributed by atoms with Crippen LogP contribution in [0.2, 0.25) is 0 Å². The molecule has 1 atom stereocenters. The van der Waals surface area contributed by atoms with Crippen LogP contribution in [0.1, 0.15) is 27.2 Å². The van der Waals surface area contributed by atoms with Crippen LogP contribution in [0.4, 0.5) is 0 Å². The van der Waals surface area contributed by atoms with Crippen LogP contribution in [0.5, 0.6) is 0 Å². The van der Waals surface area contributed by atoms with Gasteiger partial charge in [0, 0.05) is 20.3 Å². The van der Waals surface area contributed by atoms with Crippen LogP contribution in [-0.2, 0) is 9.47 Å². The lowest BCUT2D eigenvalue weighted by Crippen LogP contribution is -2.30. The maximum Gasteiger partial charge on any atom is 0.0821 e. The Balaban J connectivity index is 3.32. The second-order valence-corrected chi connectivity index (χ2v) is 4.30. The number of rotatable bonds is 6. The van der Waals surface area contributed by atoms with Crippen LogP contribution in [-0.4, -0.2) is 38.1 Å². The highest BCUT2D eigenvalue weighted by Crippen LogP contribution is 2.18. The van der Waals surface area contributed by atoms with Crippen molar-refractivity contribution in [3.8, 4) is 0 Å². The first-order chi connectivity index (χ1) is 5.98. The molecule has 0 fully saturated rings. The minimum absolute atomic E-state index is 0.0960. The van der Waals surface area contributed by atoms with Crippen LogP contribution >= 0.6 is 0 Å². The van der Waals surface area contributed by atoms with Gasteiger partial charge in [-0.15, -0.1) is 0 Å². The summed E-state index contributed by atoms with van der Waals surface area (Å²) >= 11 is 0. The van der Waals surface area contributed by atoms with Crippen molar-refractivity contribution in [1.29, 1.82) is 0 Å². The third-order valence-electron chi connectivity index (χ3n) is 1.91. The van der Waals surface area contributed by atoms with Gasteiger partial charge >= 0.3 is 0 Å². The molecule has 0 aliphatic heterocycles. The molecule has 13 heavy (non-hydrogen) atoms. The van der Waals surface area contributed by atoms with Gasteiger partial charge in [-0.1, -0.05) is 20.8 Å². The number of ether oxygens (including phenoxy) is 2. The topological polar surface area (TPSA) is 38.7 Å². The largest absolute Gasteiger partial charge is 0.390 e. The van der Waals surface area contributed by atoms with E-state index in [1.54, 1.807) is 7.11 Å². The molecule has 3 nitrogen and oxygen atoms in total. The van der Waals surface area contributed by atoms with E-state index in [-0.39, 0.29) is 5.41 Å². The summed E-state index contributed by atoms with van der Waals surface area (Å²) in [6.07, 6.45) is 0.489. The summed E-state index contributed by atoms with van der Waals surface area (Å²) in [5.41, 5.74) is -0.0960. The number of aliphatic hydroxyl groups excluding tert-OH is 1. The molecule has 0 heterocycles. The zero-order valence-electron chi connectivity index (χ0n) is 9.17. The average molecular weight is 190 g/mol. The van der Waals surface area contributed by atoms with Gasteiger partial charge in [0.05, 0.1) is 12.7 Å². The summed E-state index contributed by atoms with van der Waals surface area (Å²) < 4.78 is 10.2. The van der Waals surface area contributed by atoms with Crippen molar-refractivity contribution in [1.82, 2.24) is 0 Å². The van der Waals surface area contributed by atoms with E-state index in [2.05, 4.69) is 0 Å². The maximum absolute atomic E-state index is 9.59. The quantitative estimate of drug-likeness (QED) is 0.644. The standard InChI is InChI=1S/C10H22O3/c1-10(2,3)9(11)8-13-7-5-6-12-4/h9,11H,5-8H2,1-4H3. The molecule has 0 bridgehead atoms. The van der Waals surface area contributed by atoms with Gasteiger partial charge < -0.3 is 14.6 Å². The Morgan fingerprint density at radius 2 is 1.85 bits per heavy atom. The monoisotopic (exact) mass is 190 g/mol. The number of methoxy groups -OCH3 is 1. The number of aliphatic hydroxyl groups is 1. The summed E-state index contributed by atoms with van der Waals surface area (Å²) in [4.78, 5) is 0. The highest BCUT2D eigenvalue weighted by molar-refractivity contribution is 4.71. The Bertz CT molecular complexity index is 118. The fraction of sp³-hybridized carbons (Fsp3) is 1.00. The van der Waals surface area contributed by atoms with Crippen LogP contribution < -0.4 is 0 Å². The van der Waals surface area contributed by atoms with Gasteiger partial charge in [0.2, 0.25) is 0 Å². The summed E-state index contributed by atoms with van der Waals surface area (Å²) in [5, 5.41) is 9.59. The van der Waals surface area contributed by atoms with E-state index in [0.29, 0.717) is 19.8 Å². The van der Waals surface area contributed by atoms with Crippen LogP contribution in [0.25, 0.3) is 0 Å². The zero-order chi connectivity index (χ0) is 10.3. The van der Waals surface area contributed by atoms with E-state index in [1.807, 2.05) is 20.8 Å². The average Bonchev–Trinajstić information content (AvgIpc) is 2.02. The van der Waals surface area contributed by atoms with Gasteiger partial charge in [0.15, 0.2) is 0 Å². The smallest absolute Gasteiger partial charge is 0.0821 e. The summed E-state index contributed by atoms with van der Waals surface area (Å²) in [6, 6.07) is 0. The molecule has 0 aliphatic rings. The van der Waals surface area contributed by atoms with Crippen molar-refractivity contribution in [2.45, 2.75) is 33.3 Å². The molecule has 0 radical (unpaired) electrons. The molecule has 0 aromatic carbocycles. The van der Waals surface area contributed by atoms with Crippen molar-refractivity contribution in [2.75, 3.05) is 26.9 Å². The second-order valence-electron chi connectivity index (χ2n) is 4.30. The molecule has 3 heteroatoms. The predicted octanol–water partition coefficient (Wildman–Crippen LogP) is 1.45. The Kier molecular flexibility index (Phi) is 6.29. The molecule has 0 aliphatic carbocycles. The van der Waals surface area contributed by atoms with E-state index >= 15 is 0 Å². The Labute approximate surface area is 81.0 Å². The predicted molar refractivity (Wildman–Crippen MR) is 52.8 cm³/mol. The van der Waals surface area contributed by atoms with Crippen molar-refractivity contribution < 1.29 is 14.6 Å². The summed E-state index contributed by atoms with van der Waals surface area (Å²) in [5.74, 6) is 0. The number of hydrogen-bond acceptors (Lipinski definition) is 3. The van der Waals surface area contributed by atoms with E-state index in [1.165, 1.54) is 0 Å². The van der Waals surface area contributed by atoms with Crippen molar-refractivity contribution in [2.24, 2.45) is 5.41 Å². The van der Waals surface area contributed by atoms with E-state index in [4.69, 9.17) is 9.47 Å². The molecule has 0 amide bonds. The fourth-order valence-corrected chi connectivity index (χ4v) is 0.750. The molecule has 0 saturated carbocycles. The van der Waals surface area contributed by atoms with Crippen LogP contribution in [0.3, 0.4) is 0 Å². The Morgan fingerprint density at radius 3 is 2.31 bits per heavy atom. The molecule has 0 rings (SSSR count). The van der Waals surface area contributed by atoms with E-state index < -0.39 is 6.10 Å². The first-order valence-electron chi connectivity index (χ1n) is 4.73. The highest BCUT2D eigenvalue weighted by atomic mass is 16.5. The van der Waals surface area contributed by atoms with E-state index in [0.717, 1.165) is 6.42 Å².